The topological polar surface area (TPSA) is 35.2 Å². The number of rotatable bonds is 2. The smallest absolute Gasteiger partial charge is 0.416 e. The summed E-state index contributed by atoms with van der Waals surface area (Å²) in [6.45, 7) is 1.51. The van der Waals surface area contributed by atoms with Gasteiger partial charge in [0.2, 0.25) is 0 Å². The van der Waals surface area contributed by atoms with Gasteiger partial charge in [0.25, 0.3) is 0 Å². The van der Waals surface area contributed by atoms with Crippen LogP contribution in [-0.2, 0) is 6.18 Å². The molecule has 0 aliphatic heterocycles. The van der Waals surface area contributed by atoms with Gasteiger partial charge in [-0.05, 0) is 24.6 Å². The summed E-state index contributed by atoms with van der Waals surface area (Å²) in [4.78, 5) is 0. The number of alkyl halides is 3. The molecule has 16 heavy (non-hydrogen) atoms. The first-order valence-electron chi connectivity index (χ1n) is 4.37. The van der Waals surface area contributed by atoms with E-state index < -0.39 is 17.8 Å². The molecule has 2 N–H and O–H groups in total. The molecule has 1 atom stereocenters. The minimum Gasteiger partial charge on any atom is -0.497 e. The fourth-order valence-corrected chi connectivity index (χ4v) is 1.30. The lowest BCUT2D eigenvalue weighted by molar-refractivity contribution is -0.138. The van der Waals surface area contributed by atoms with Gasteiger partial charge in [-0.3, -0.25) is 0 Å². The second-order valence-corrected chi connectivity index (χ2v) is 3.24. The third-order valence-corrected chi connectivity index (χ3v) is 2.06. The zero-order valence-corrected chi connectivity index (χ0v) is 9.65. The Labute approximate surface area is 98.0 Å². The van der Waals surface area contributed by atoms with Gasteiger partial charge in [0.05, 0.1) is 12.7 Å². The second-order valence-electron chi connectivity index (χ2n) is 3.24. The normalized spacial score (nSPS) is 12.9. The van der Waals surface area contributed by atoms with Gasteiger partial charge in [0.1, 0.15) is 5.75 Å². The summed E-state index contributed by atoms with van der Waals surface area (Å²) in [7, 11) is 1.32. The van der Waals surface area contributed by atoms with Crippen molar-refractivity contribution in [2.45, 2.75) is 19.1 Å². The summed E-state index contributed by atoms with van der Waals surface area (Å²) < 4.78 is 42.6. The first-order valence-corrected chi connectivity index (χ1v) is 4.37. The zero-order valence-electron chi connectivity index (χ0n) is 8.84. The van der Waals surface area contributed by atoms with Gasteiger partial charge in [-0.1, -0.05) is 6.07 Å². The number of benzene rings is 1. The first-order chi connectivity index (χ1) is 6.86. The lowest BCUT2D eigenvalue weighted by Crippen LogP contribution is -2.15. The maximum atomic E-state index is 12.6. The predicted octanol–water partition coefficient (Wildman–Crippen LogP) is 3.16. The van der Waals surface area contributed by atoms with E-state index in [4.69, 9.17) is 10.5 Å². The molecule has 0 saturated carbocycles. The number of hydrogen-bond donors (Lipinski definition) is 1. The van der Waals surface area contributed by atoms with E-state index in [0.717, 1.165) is 6.07 Å². The summed E-state index contributed by atoms with van der Waals surface area (Å²) >= 11 is 0. The quantitative estimate of drug-likeness (QED) is 0.881. The molecule has 0 aliphatic carbocycles. The molecule has 0 fully saturated rings. The molecule has 1 rings (SSSR count). The number of methoxy groups -OCH3 is 1. The van der Waals surface area contributed by atoms with Crippen molar-refractivity contribution in [3.05, 3.63) is 29.3 Å². The van der Waals surface area contributed by atoms with Crippen LogP contribution in [0.4, 0.5) is 13.2 Å². The third-order valence-electron chi connectivity index (χ3n) is 2.06. The molecular formula is C10H13ClF3NO. The van der Waals surface area contributed by atoms with Crippen LogP contribution in [-0.4, -0.2) is 7.11 Å². The Balaban J connectivity index is 0.00000225. The molecule has 0 bridgehead atoms. The van der Waals surface area contributed by atoms with Crippen molar-refractivity contribution in [2.75, 3.05) is 7.11 Å². The fraction of sp³-hybridized carbons (Fsp3) is 0.400. The van der Waals surface area contributed by atoms with Crippen molar-refractivity contribution >= 4 is 12.4 Å². The van der Waals surface area contributed by atoms with Crippen LogP contribution < -0.4 is 10.5 Å². The van der Waals surface area contributed by atoms with Gasteiger partial charge in [-0.15, -0.1) is 12.4 Å². The largest absolute Gasteiger partial charge is 0.497 e. The molecule has 0 spiro atoms. The Morgan fingerprint density at radius 2 is 1.88 bits per heavy atom. The van der Waals surface area contributed by atoms with Crippen molar-refractivity contribution < 1.29 is 17.9 Å². The minimum atomic E-state index is -4.41. The van der Waals surface area contributed by atoms with Gasteiger partial charge in [-0.2, -0.15) is 13.2 Å². The molecule has 0 heterocycles. The first kappa shape index (κ1) is 15.1. The standard InChI is InChI=1S/C10H12F3NO.ClH/c1-6(14)8-4-3-7(15-2)5-9(8)10(11,12)13;/h3-6H,14H2,1-2H3;1H/t6-;/m0./s1. The number of ether oxygens (including phenoxy) is 1. The Hall–Kier alpha value is -0.940. The lowest BCUT2D eigenvalue weighted by atomic mass is 10.0. The Kier molecular flexibility index (Phi) is 5.09. The van der Waals surface area contributed by atoms with E-state index in [2.05, 4.69) is 0 Å². The average molecular weight is 256 g/mol. The van der Waals surface area contributed by atoms with Crippen LogP contribution in [0.2, 0.25) is 0 Å². The van der Waals surface area contributed by atoms with E-state index in [0.29, 0.717) is 0 Å². The van der Waals surface area contributed by atoms with E-state index in [9.17, 15) is 13.2 Å². The van der Waals surface area contributed by atoms with Crippen LogP contribution >= 0.6 is 12.4 Å². The van der Waals surface area contributed by atoms with Gasteiger partial charge >= 0.3 is 6.18 Å². The molecule has 0 aromatic heterocycles. The van der Waals surface area contributed by atoms with E-state index in [1.807, 2.05) is 0 Å². The maximum Gasteiger partial charge on any atom is 0.416 e. The number of hydrogen-bond acceptors (Lipinski definition) is 2. The highest BCUT2D eigenvalue weighted by Crippen LogP contribution is 2.36. The summed E-state index contributed by atoms with van der Waals surface area (Å²) in [6, 6.07) is 3.10. The van der Waals surface area contributed by atoms with Crippen molar-refractivity contribution in [2.24, 2.45) is 5.73 Å². The SMILES string of the molecule is COc1ccc([C@H](C)N)c(C(F)(F)F)c1.Cl. The van der Waals surface area contributed by atoms with Gasteiger partial charge in [0, 0.05) is 6.04 Å². The molecule has 0 unspecified atom stereocenters. The van der Waals surface area contributed by atoms with E-state index in [1.54, 1.807) is 0 Å². The van der Waals surface area contributed by atoms with Crippen LogP contribution in [0, 0.1) is 0 Å². The highest BCUT2D eigenvalue weighted by molar-refractivity contribution is 5.85. The fourth-order valence-electron chi connectivity index (χ4n) is 1.30. The monoisotopic (exact) mass is 255 g/mol. The number of nitrogens with two attached hydrogens (primary N) is 1. The van der Waals surface area contributed by atoms with Crippen molar-refractivity contribution in [1.29, 1.82) is 0 Å². The minimum absolute atomic E-state index is 0. The third kappa shape index (κ3) is 3.28. The summed E-state index contributed by atoms with van der Waals surface area (Å²) in [5, 5.41) is 0. The van der Waals surface area contributed by atoms with Crippen molar-refractivity contribution in [3.8, 4) is 5.75 Å². The van der Waals surface area contributed by atoms with Gasteiger partial charge in [0.15, 0.2) is 0 Å². The van der Waals surface area contributed by atoms with Crippen LogP contribution in [0.3, 0.4) is 0 Å². The van der Waals surface area contributed by atoms with E-state index >= 15 is 0 Å². The van der Waals surface area contributed by atoms with Gasteiger partial charge < -0.3 is 10.5 Å². The second kappa shape index (κ2) is 5.41. The van der Waals surface area contributed by atoms with E-state index in [-0.39, 0.29) is 23.7 Å². The maximum absolute atomic E-state index is 12.6. The lowest BCUT2D eigenvalue weighted by Gasteiger charge is -2.16. The molecule has 0 aliphatic rings. The molecular weight excluding hydrogens is 243 g/mol. The molecule has 0 saturated heterocycles. The van der Waals surface area contributed by atoms with Crippen molar-refractivity contribution in [3.63, 3.8) is 0 Å². The van der Waals surface area contributed by atoms with Gasteiger partial charge in [-0.25, -0.2) is 0 Å². The highest BCUT2D eigenvalue weighted by Gasteiger charge is 2.34. The highest BCUT2D eigenvalue weighted by atomic mass is 35.5. The Bertz CT molecular complexity index is 352. The molecule has 0 radical (unpaired) electrons. The van der Waals surface area contributed by atoms with Crippen LogP contribution in [0.1, 0.15) is 24.1 Å². The molecule has 1 aromatic carbocycles. The zero-order chi connectivity index (χ0) is 11.6. The average Bonchev–Trinajstić information content (AvgIpc) is 2.15. The molecule has 92 valence electrons. The van der Waals surface area contributed by atoms with E-state index in [1.165, 1.54) is 26.2 Å². The summed E-state index contributed by atoms with van der Waals surface area (Å²) in [6.07, 6.45) is -4.41. The molecule has 2 nitrogen and oxygen atoms in total. The Morgan fingerprint density at radius 3 is 2.25 bits per heavy atom. The molecule has 6 heteroatoms. The predicted molar refractivity (Wildman–Crippen MR) is 57.8 cm³/mol. The van der Waals surface area contributed by atoms with Crippen LogP contribution in [0.5, 0.6) is 5.75 Å². The summed E-state index contributed by atoms with van der Waals surface area (Å²) in [5.41, 5.74) is 4.80. The molecule has 1 aromatic rings. The Morgan fingerprint density at radius 1 is 1.31 bits per heavy atom. The molecule has 0 amide bonds. The van der Waals surface area contributed by atoms with Crippen molar-refractivity contribution in [1.82, 2.24) is 0 Å². The summed E-state index contributed by atoms with van der Waals surface area (Å²) in [5.74, 6) is 0.173. The van der Waals surface area contributed by atoms with Crippen LogP contribution in [0.25, 0.3) is 0 Å². The number of halogens is 4. The van der Waals surface area contributed by atoms with Crippen LogP contribution in [0.15, 0.2) is 18.2 Å².